The lowest BCUT2D eigenvalue weighted by atomic mass is 9.99. The summed E-state index contributed by atoms with van der Waals surface area (Å²) in [7, 11) is 0. The summed E-state index contributed by atoms with van der Waals surface area (Å²) in [6, 6.07) is 0. The molecule has 0 radical (unpaired) electrons. The smallest absolute Gasteiger partial charge is 0.324 e. The van der Waals surface area contributed by atoms with Crippen LogP contribution in [0.5, 0.6) is 0 Å². The third kappa shape index (κ3) is 6.24. The molecule has 0 aliphatic carbocycles. The molecule has 0 aromatic heterocycles. The zero-order valence-corrected chi connectivity index (χ0v) is 12.2. The Labute approximate surface area is 114 Å². The first-order valence-electron chi connectivity index (χ1n) is 6.55. The minimum absolute atomic E-state index is 0.324. The van der Waals surface area contributed by atoms with Gasteiger partial charge in [0, 0.05) is 0 Å². The standard InChI is InChI=1S/C13H23ClO4/c1-4-7-10(12(15)17-8-5-2)11(14)13(16)18-9-6-3/h10-11H,4-9H2,1-3H3. The number of hydrogen-bond acceptors (Lipinski definition) is 4. The normalized spacial score (nSPS) is 13.8. The largest absolute Gasteiger partial charge is 0.465 e. The van der Waals surface area contributed by atoms with Crippen LogP contribution in [0.3, 0.4) is 0 Å². The molecule has 0 fully saturated rings. The minimum atomic E-state index is -0.958. The van der Waals surface area contributed by atoms with Crippen molar-refractivity contribution in [1.82, 2.24) is 0 Å². The fourth-order valence-electron chi connectivity index (χ4n) is 1.45. The average molecular weight is 279 g/mol. The molecule has 4 nitrogen and oxygen atoms in total. The van der Waals surface area contributed by atoms with Gasteiger partial charge in [0.15, 0.2) is 0 Å². The Kier molecular flexibility index (Phi) is 9.74. The average Bonchev–Trinajstić information content (AvgIpc) is 2.38. The Hall–Kier alpha value is -0.770. The fourth-order valence-corrected chi connectivity index (χ4v) is 1.74. The third-order valence-electron chi connectivity index (χ3n) is 2.38. The lowest BCUT2D eigenvalue weighted by molar-refractivity contribution is -0.155. The molecule has 18 heavy (non-hydrogen) atoms. The lowest BCUT2D eigenvalue weighted by Gasteiger charge is -2.19. The molecule has 0 aliphatic heterocycles. The van der Waals surface area contributed by atoms with Crippen LogP contribution in [0, 0.1) is 5.92 Å². The maximum atomic E-state index is 11.8. The number of halogens is 1. The highest BCUT2D eigenvalue weighted by Gasteiger charge is 2.33. The fraction of sp³-hybridized carbons (Fsp3) is 0.846. The molecule has 106 valence electrons. The Balaban J connectivity index is 4.46. The summed E-state index contributed by atoms with van der Waals surface area (Å²) in [5.74, 6) is -1.56. The zero-order chi connectivity index (χ0) is 14.0. The Morgan fingerprint density at radius 2 is 1.44 bits per heavy atom. The second-order valence-corrected chi connectivity index (χ2v) is 4.60. The van der Waals surface area contributed by atoms with Crippen LogP contribution in [0.1, 0.15) is 46.5 Å². The van der Waals surface area contributed by atoms with E-state index in [0.717, 1.165) is 19.3 Å². The number of rotatable bonds is 9. The van der Waals surface area contributed by atoms with E-state index in [4.69, 9.17) is 21.1 Å². The number of carbonyl (C=O) groups is 2. The number of alkyl halides is 1. The summed E-state index contributed by atoms with van der Waals surface area (Å²) in [6.07, 6.45) is 2.76. The molecule has 0 rings (SSSR count). The van der Waals surface area contributed by atoms with Crippen molar-refractivity contribution in [1.29, 1.82) is 0 Å². The van der Waals surface area contributed by atoms with Crippen molar-refractivity contribution in [2.45, 2.75) is 51.8 Å². The maximum absolute atomic E-state index is 11.8. The van der Waals surface area contributed by atoms with Gasteiger partial charge >= 0.3 is 11.9 Å². The van der Waals surface area contributed by atoms with Gasteiger partial charge in [-0.2, -0.15) is 0 Å². The van der Waals surface area contributed by atoms with Crippen LogP contribution in [0.25, 0.3) is 0 Å². The van der Waals surface area contributed by atoms with E-state index in [9.17, 15) is 9.59 Å². The van der Waals surface area contributed by atoms with Crippen LogP contribution in [0.2, 0.25) is 0 Å². The summed E-state index contributed by atoms with van der Waals surface area (Å²) >= 11 is 6.01. The highest BCUT2D eigenvalue weighted by Crippen LogP contribution is 2.20. The van der Waals surface area contributed by atoms with Crippen molar-refractivity contribution in [3.63, 3.8) is 0 Å². The van der Waals surface area contributed by atoms with Crippen LogP contribution in [-0.2, 0) is 19.1 Å². The zero-order valence-electron chi connectivity index (χ0n) is 11.4. The van der Waals surface area contributed by atoms with Gasteiger partial charge in [-0.1, -0.05) is 27.2 Å². The second-order valence-electron chi connectivity index (χ2n) is 4.13. The van der Waals surface area contributed by atoms with E-state index in [1.165, 1.54) is 0 Å². The molecular formula is C13H23ClO4. The van der Waals surface area contributed by atoms with Gasteiger partial charge in [0.1, 0.15) is 5.38 Å². The van der Waals surface area contributed by atoms with Gasteiger partial charge in [-0.15, -0.1) is 11.6 Å². The summed E-state index contributed by atoms with van der Waals surface area (Å²) in [5.41, 5.74) is 0. The predicted octanol–water partition coefficient (Wildman–Crippen LogP) is 2.92. The van der Waals surface area contributed by atoms with Crippen molar-refractivity contribution in [2.24, 2.45) is 5.92 Å². The van der Waals surface area contributed by atoms with Gasteiger partial charge in [0.25, 0.3) is 0 Å². The van der Waals surface area contributed by atoms with Gasteiger partial charge in [-0.05, 0) is 19.3 Å². The van der Waals surface area contributed by atoms with Gasteiger partial charge in [0.2, 0.25) is 0 Å². The second kappa shape index (κ2) is 10.2. The van der Waals surface area contributed by atoms with E-state index in [0.29, 0.717) is 19.6 Å². The molecule has 0 saturated heterocycles. The molecule has 2 atom stereocenters. The quantitative estimate of drug-likeness (QED) is 0.481. The molecule has 0 bridgehead atoms. The Morgan fingerprint density at radius 3 is 1.89 bits per heavy atom. The van der Waals surface area contributed by atoms with E-state index in [1.807, 2.05) is 20.8 Å². The highest BCUT2D eigenvalue weighted by atomic mass is 35.5. The molecule has 0 saturated carbocycles. The lowest BCUT2D eigenvalue weighted by Crippen LogP contribution is -2.33. The van der Waals surface area contributed by atoms with Crippen LogP contribution in [0.15, 0.2) is 0 Å². The molecule has 0 heterocycles. The van der Waals surface area contributed by atoms with Gasteiger partial charge < -0.3 is 9.47 Å². The van der Waals surface area contributed by atoms with E-state index in [-0.39, 0.29) is 0 Å². The van der Waals surface area contributed by atoms with Crippen LogP contribution >= 0.6 is 11.6 Å². The topological polar surface area (TPSA) is 52.6 Å². The van der Waals surface area contributed by atoms with Crippen LogP contribution in [0.4, 0.5) is 0 Å². The highest BCUT2D eigenvalue weighted by molar-refractivity contribution is 6.31. The number of ether oxygens (including phenoxy) is 2. The molecular weight excluding hydrogens is 256 g/mol. The molecule has 0 aliphatic rings. The van der Waals surface area contributed by atoms with Crippen molar-refractivity contribution >= 4 is 23.5 Å². The van der Waals surface area contributed by atoms with Gasteiger partial charge in [0.05, 0.1) is 19.1 Å². The van der Waals surface area contributed by atoms with Crippen molar-refractivity contribution in [2.75, 3.05) is 13.2 Å². The predicted molar refractivity (Wildman–Crippen MR) is 70.5 cm³/mol. The van der Waals surface area contributed by atoms with Gasteiger partial charge in [-0.3, -0.25) is 9.59 Å². The summed E-state index contributed by atoms with van der Waals surface area (Å²) < 4.78 is 10.0. The molecule has 0 aromatic rings. The Morgan fingerprint density at radius 1 is 0.944 bits per heavy atom. The first kappa shape index (κ1) is 17.2. The monoisotopic (exact) mass is 278 g/mol. The molecule has 0 N–H and O–H groups in total. The molecule has 2 unspecified atom stereocenters. The molecule has 0 amide bonds. The van der Waals surface area contributed by atoms with E-state index >= 15 is 0 Å². The van der Waals surface area contributed by atoms with E-state index < -0.39 is 23.2 Å². The SMILES string of the molecule is CCCOC(=O)C(Cl)C(CCC)C(=O)OCCC. The number of esters is 2. The van der Waals surface area contributed by atoms with E-state index in [1.54, 1.807) is 0 Å². The summed E-state index contributed by atoms with van der Waals surface area (Å²) in [5, 5.41) is -0.958. The van der Waals surface area contributed by atoms with Gasteiger partial charge in [-0.25, -0.2) is 0 Å². The first-order valence-corrected chi connectivity index (χ1v) is 6.99. The van der Waals surface area contributed by atoms with Crippen molar-refractivity contribution < 1.29 is 19.1 Å². The number of hydrogen-bond donors (Lipinski definition) is 0. The molecule has 0 aromatic carbocycles. The maximum Gasteiger partial charge on any atom is 0.324 e. The number of carbonyl (C=O) groups excluding carboxylic acids is 2. The summed E-state index contributed by atoms with van der Waals surface area (Å²) in [4.78, 5) is 23.4. The minimum Gasteiger partial charge on any atom is -0.465 e. The van der Waals surface area contributed by atoms with Crippen LogP contribution in [-0.4, -0.2) is 30.5 Å². The molecule has 0 spiro atoms. The Bertz CT molecular complexity index is 255. The summed E-state index contributed by atoms with van der Waals surface area (Å²) in [6.45, 7) is 6.42. The van der Waals surface area contributed by atoms with Crippen molar-refractivity contribution in [3.8, 4) is 0 Å². The van der Waals surface area contributed by atoms with E-state index in [2.05, 4.69) is 0 Å². The molecule has 5 heteroatoms. The first-order chi connectivity index (χ1) is 8.58. The van der Waals surface area contributed by atoms with Crippen molar-refractivity contribution in [3.05, 3.63) is 0 Å². The third-order valence-corrected chi connectivity index (χ3v) is 2.86. The van der Waals surface area contributed by atoms with Crippen LogP contribution < -0.4 is 0 Å².